The van der Waals surface area contributed by atoms with Crippen molar-refractivity contribution in [3.8, 4) is 0 Å². The molecule has 2 aromatic rings. The smallest absolute Gasteiger partial charge is 0.125 e. The summed E-state index contributed by atoms with van der Waals surface area (Å²) in [6.45, 7) is 0. The van der Waals surface area contributed by atoms with Crippen molar-refractivity contribution < 1.29 is 4.39 Å². The average Bonchev–Trinajstić information content (AvgIpc) is 2.27. The minimum absolute atomic E-state index is 0.351. The minimum atomic E-state index is -0.359. The van der Waals surface area contributed by atoms with Crippen molar-refractivity contribution in [2.24, 2.45) is 0 Å². The highest BCUT2D eigenvalue weighted by Gasteiger charge is 2.03. The van der Waals surface area contributed by atoms with Crippen molar-refractivity contribution in [3.05, 3.63) is 51.7 Å². The van der Waals surface area contributed by atoms with Crippen molar-refractivity contribution in [1.82, 2.24) is 0 Å². The van der Waals surface area contributed by atoms with Crippen LogP contribution in [0.3, 0.4) is 0 Å². The molecule has 0 unspecified atom stereocenters. The van der Waals surface area contributed by atoms with Crippen LogP contribution in [0.25, 0.3) is 0 Å². The number of anilines is 3. The van der Waals surface area contributed by atoms with Crippen molar-refractivity contribution >= 4 is 44.6 Å². The Kier molecular flexibility index (Phi) is 3.54. The number of halogens is 3. The molecule has 0 heterocycles. The molecule has 0 aliphatic rings. The molecule has 3 N–H and O–H groups in total. The summed E-state index contributed by atoms with van der Waals surface area (Å²) in [5, 5.41) is 3.66. The molecule has 0 spiro atoms. The molecule has 2 rings (SSSR count). The molecule has 2 nitrogen and oxygen atoms in total. The maximum Gasteiger partial charge on any atom is 0.125 e. The number of nitrogens with two attached hydrogens (primary N) is 1. The standard InChI is InChI=1S/C12H9BrClFN2/c13-9-3-2-8(6-10(9)14)17-12-4-1-7(15)5-11(12)16/h1-6,17H,16H2. The highest BCUT2D eigenvalue weighted by molar-refractivity contribution is 9.10. The van der Waals surface area contributed by atoms with Crippen molar-refractivity contribution in [2.75, 3.05) is 11.1 Å². The van der Waals surface area contributed by atoms with Gasteiger partial charge in [0.1, 0.15) is 5.82 Å². The first-order chi connectivity index (χ1) is 8.06. The van der Waals surface area contributed by atoms with E-state index in [0.29, 0.717) is 16.4 Å². The van der Waals surface area contributed by atoms with Gasteiger partial charge in [-0.25, -0.2) is 4.39 Å². The Morgan fingerprint density at radius 1 is 1.18 bits per heavy atom. The van der Waals surface area contributed by atoms with Crippen LogP contribution in [0.5, 0.6) is 0 Å². The molecule has 2 aromatic carbocycles. The lowest BCUT2D eigenvalue weighted by atomic mass is 10.2. The van der Waals surface area contributed by atoms with E-state index < -0.39 is 0 Å². The van der Waals surface area contributed by atoms with Crippen LogP contribution in [0.1, 0.15) is 0 Å². The number of rotatable bonds is 2. The first kappa shape index (κ1) is 12.2. The lowest BCUT2D eigenvalue weighted by Gasteiger charge is -2.10. The minimum Gasteiger partial charge on any atom is -0.397 e. The molecular weight excluding hydrogens is 307 g/mol. The summed E-state index contributed by atoms with van der Waals surface area (Å²) >= 11 is 9.27. The second-order valence-corrected chi connectivity index (χ2v) is 4.75. The molecule has 0 bridgehead atoms. The van der Waals surface area contributed by atoms with Gasteiger partial charge in [0.05, 0.1) is 16.4 Å². The molecule has 0 aliphatic carbocycles. The molecule has 0 amide bonds. The lowest BCUT2D eigenvalue weighted by Crippen LogP contribution is -1.96. The van der Waals surface area contributed by atoms with E-state index in [0.717, 1.165) is 10.2 Å². The molecule has 0 atom stereocenters. The topological polar surface area (TPSA) is 38.0 Å². The highest BCUT2D eigenvalue weighted by atomic mass is 79.9. The fourth-order valence-electron chi connectivity index (χ4n) is 1.38. The maximum absolute atomic E-state index is 12.9. The summed E-state index contributed by atoms with van der Waals surface area (Å²) in [7, 11) is 0. The molecule has 0 fully saturated rings. The Labute approximate surface area is 112 Å². The van der Waals surface area contributed by atoms with Gasteiger partial charge in [-0.05, 0) is 52.3 Å². The number of nitrogens with one attached hydrogen (secondary N) is 1. The van der Waals surface area contributed by atoms with E-state index >= 15 is 0 Å². The van der Waals surface area contributed by atoms with E-state index in [1.165, 1.54) is 12.1 Å². The summed E-state index contributed by atoms with van der Waals surface area (Å²) in [6, 6.07) is 9.63. The summed E-state index contributed by atoms with van der Waals surface area (Å²) in [5.74, 6) is -0.359. The second kappa shape index (κ2) is 4.94. The Morgan fingerprint density at radius 2 is 1.94 bits per heavy atom. The summed E-state index contributed by atoms with van der Waals surface area (Å²) in [6.07, 6.45) is 0. The van der Waals surface area contributed by atoms with Crippen LogP contribution in [0.15, 0.2) is 40.9 Å². The van der Waals surface area contributed by atoms with E-state index in [-0.39, 0.29) is 5.82 Å². The average molecular weight is 316 g/mol. The molecule has 0 radical (unpaired) electrons. The van der Waals surface area contributed by atoms with Crippen LogP contribution in [-0.4, -0.2) is 0 Å². The fourth-order valence-corrected chi connectivity index (χ4v) is 1.80. The Bertz CT molecular complexity index is 560. The third-order valence-corrected chi connectivity index (χ3v) is 3.44. The highest BCUT2D eigenvalue weighted by Crippen LogP contribution is 2.29. The SMILES string of the molecule is Nc1cc(F)ccc1Nc1ccc(Br)c(Cl)c1. The van der Waals surface area contributed by atoms with Crippen molar-refractivity contribution in [2.45, 2.75) is 0 Å². The van der Waals surface area contributed by atoms with Crippen LogP contribution in [0, 0.1) is 5.82 Å². The molecule has 0 aliphatic heterocycles. The summed E-state index contributed by atoms with van der Waals surface area (Å²) < 4.78 is 13.7. The Hall–Kier alpha value is -1.26. The predicted octanol–water partition coefficient (Wildman–Crippen LogP) is 4.57. The monoisotopic (exact) mass is 314 g/mol. The van der Waals surface area contributed by atoms with Gasteiger partial charge < -0.3 is 11.1 Å². The molecule has 88 valence electrons. The lowest BCUT2D eigenvalue weighted by molar-refractivity contribution is 0.628. The van der Waals surface area contributed by atoms with Crippen LogP contribution in [0.2, 0.25) is 5.02 Å². The number of hydrogen-bond donors (Lipinski definition) is 2. The van der Waals surface area contributed by atoms with Crippen LogP contribution >= 0.6 is 27.5 Å². The van der Waals surface area contributed by atoms with Crippen molar-refractivity contribution in [1.29, 1.82) is 0 Å². The summed E-state index contributed by atoms with van der Waals surface area (Å²) in [4.78, 5) is 0. The van der Waals surface area contributed by atoms with Gasteiger partial charge in [-0.15, -0.1) is 0 Å². The fraction of sp³-hybridized carbons (Fsp3) is 0. The van der Waals surface area contributed by atoms with Crippen LogP contribution < -0.4 is 11.1 Å². The number of hydrogen-bond acceptors (Lipinski definition) is 2. The number of nitrogen functional groups attached to an aromatic ring is 1. The van der Waals surface area contributed by atoms with E-state index in [1.807, 2.05) is 12.1 Å². The van der Waals surface area contributed by atoms with Gasteiger partial charge in [0.15, 0.2) is 0 Å². The van der Waals surface area contributed by atoms with Crippen LogP contribution in [0.4, 0.5) is 21.5 Å². The quantitative estimate of drug-likeness (QED) is 0.797. The molecular formula is C12H9BrClFN2. The first-order valence-electron chi connectivity index (χ1n) is 4.83. The second-order valence-electron chi connectivity index (χ2n) is 3.49. The normalized spacial score (nSPS) is 10.3. The predicted molar refractivity (Wildman–Crippen MR) is 73.2 cm³/mol. The van der Waals surface area contributed by atoms with E-state index in [2.05, 4.69) is 21.2 Å². The maximum atomic E-state index is 12.9. The van der Waals surface area contributed by atoms with Gasteiger partial charge in [-0.3, -0.25) is 0 Å². The molecule has 5 heteroatoms. The number of benzene rings is 2. The Morgan fingerprint density at radius 3 is 2.59 bits per heavy atom. The van der Waals surface area contributed by atoms with Gasteiger partial charge in [0.2, 0.25) is 0 Å². The van der Waals surface area contributed by atoms with Crippen molar-refractivity contribution in [3.63, 3.8) is 0 Å². The third-order valence-electron chi connectivity index (χ3n) is 2.21. The van der Waals surface area contributed by atoms with Gasteiger partial charge in [0, 0.05) is 10.2 Å². The van der Waals surface area contributed by atoms with Gasteiger partial charge in [-0.1, -0.05) is 11.6 Å². The zero-order chi connectivity index (χ0) is 12.4. The molecule has 0 saturated carbocycles. The zero-order valence-corrected chi connectivity index (χ0v) is 11.0. The molecule has 0 saturated heterocycles. The van der Waals surface area contributed by atoms with E-state index in [4.69, 9.17) is 17.3 Å². The van der Waals surface area contributed by atoms with E-state index in [1.54, 1.807) is 12.1 Å². The largest absolute Gasteiger partial charge is 0.397 e. The van der Waals surface area contributed by atoms with Crippen LogP contribution in [-0.2, 0) is 0 Å². The first-order valence-corrected chi connectivity index (χ1v) is 6.00. The Balaban J connectivity index is 2.28. The van der Waals surface area contributed by atoms with Gasteiger partial charge in [-0.2, -0.15) is 0 Å². The molecule has 17 heavy (non-hydrogen) atoms. The third kappa shape index (κ3) is 2.90. The zero-order valence-electron chi connectivity index (χ0n) is 8.68. The molecule has 0 aromatic heterocycles. The van der Waals surface area contributed by atoms with E-state index in [9.17, 15) is 4.39 Å². The van der Waals surface area contributed by atoms with Gasteiger partial charge >= 0.3 is 0 Å². The van der Waals surface area contributed by atoms with Gasteiger partial charge in [0.25, 0.3) is 0 Å². The summed E-state index contributed by atoms with van der Waals surface area (Å²) in [5.41, 5.74) is 7.48.